The molecule has 1 amide bonds. The van der Waals surface area contributed by atoms with Crippen LogP contribution in [0.25, 0.3) is 0 Å². The van der Waals surface area contributed by atoms with E-state index in [-0.39, 0.29) is 11.5 Å². The Labute approximate surface area is 121 Å². The lowest BCUT2D eigenvalue weighted by Crippen LogP contribution is -2.43. The van der Waals surface area contributed by atoms with Crippen molar-refractivity contribution in [1.82, 2.24) is 10.3 Å². The summed E-state index contributed by atoms with van der Waals surface area (Å²) in [4.78, 5) is 25.7. The smallest absolute Gasteiger partial charge is 0.327 e. The van der Waals surface area contributed by atoms with Crippen molar-refractivity contribution < 1.29 is 18.9 Å². The first-order chi connectivity index (χ1) is 8.88. The Bertz CT molecular complexity index is 509. The quantitative estimate of drug-likeness (QED) is 0.787. The molecule has 8 heteroatoms. The third-order valence-corrected chi connectivity index (χ3v) is 3.91. The highest BCUT2D eigenvalue weighted by Gasteiger charge is 2.21. The molecule has 1 aromatic rings. The standard InChI is InChI=1S/C11H13BrN2O4S/c1-7(15)14-10(11(16)17)6-19(18)5-8-2-9(12)4-13-3-8/h2-4,10H,5-6H2,1H3,(H,14,15)(H,16,17). The lowest BCUT2D eigenvalue weighted by atomic mass is 10.3. The zero-order valence-corrected chi connectivity index (χ0v) is 12.5. The fourth-order valence-electron chi connectivity index (χ4n) is 1.39. The molecule has 2 N–H and O–H groups in total. The molecule has 1 heterocycles. The van der Waals surface area contributed by atoms with Crippen LogP contribution < -0.4 is 5.32 Å². The van der Waals surface area contributed by atoms with Gasteiger partial charge in [-0.25, -0.2) is 4.79 Å². The van der Waals surface area contributed by atoms with E-state index in [9.17, 15) is 13.8 Å². The number of hydrogen-bond acceptors (Lipinski definition) is 4. The van der Waals surface area contributed by atoms with E-state index in [4.69, 9.17) is 5.11 Å². The van der Waals surface area contributed by atoms with Crippen molar-refractivity contribution in [3.63, 3.8) is 0 Å². The normalized spacial score (nSPS) is 13.6. The molecule has 0 saturated heterocycles. The SMILES string of the molecule is CC(=O)NC(CS(=O)Cc1cncc(Br)c1)C(=O)O. The first-order valence-corrected chi connectivity index (χ1v) is 7.61. The van der Waals surface area contributed by atoms with Gasteiger partial charge in [0.15, 0.2) is 0 Å². The van der Waals surface area contributed by atoms with Crippen LogP contribution in [-0.2, 0) is 26.1 Å². The Balaban J connectivity index is 2.62. The highest BCUT2D eigenvalue weighted by atomic mass is 79.9. The van der Waals surface area contributed by atoms with E-state index in [2.05, 4.69) is 26.2 Å². The van der Waals surface area contributed by atoms with Crippen molar-refractivity contribution in [3.8, 4) is 0 Å². The van der Waals surface area contributed by atoms with E-state index in [1.54, 1.807) is 18.5 Å². The number of carbonyl (C=O) groups excluding carboxylic acids is 1. The van der Waals surface area contributed by atoms with Crippen LogP contribution in [0.2, 0.25) is 0 Å². The summed E-state index contributed by atoms with van der Waals surface area (Å²) in [7, 11) is -1.40. The topological polar surface area (TPSA) is 96.4 Å². The summed E-state index contributed by atoms with van der Waals surface area (Å²) in [5.74, 6) is -1.61. The van der Waals surface area contributed by atoms with Gasteiger partial charge in [-0.3, -0.25) is 14.0 Å². The molecular formula is C11H13BrN2O4S. The molecule has 19 heavy (non-hydrogen) atoms. The Hall–Kier alpha value is -1.28. The summed E-state index contributed by atoms with van der Waals surface area (Å²) in [6.45, 7) is 1.22. The number of carboxylic acids is 1. The minimum Gasteiger partial charge on any atom is -0.480 e. The molecule has 1 rings (SSSR count). The van der Waals surface area contributed by atoms with Gasteiger partial charge in [0.05, 0.1) is 11.5 Å². The Morgan fingerprint density at radius 1 is 1.53 bits per heavy atom. The molecule has 104 valence electrons. The number of aliphatic carboxylic acids is 1. The third kappa shape index (κ3) is 5.93. The maximum absolute atomic E-state index is 11.9. The van der Waals surface area contributed by atoms with Crippen molar-refractivity contribution in [2.45, 2.75) is 18.7 Å². The number of carboxylic acid groups (broad SMARTS) is 1. The number of nitrogens with one attached hydrogen (secondary N) is 1. The number of hydrogen-bond donors (Lipinski definition) is 2. The lowest BCUT2D eigenvalue weighted by molar-refractivity contribution is -0.140. The largest absolute Gasteiger partial charge is 0.480 e. The van der Waals surface area contributed by atoms with Crippen molar-refractivity contribution in [2.24, 2.45) is 0 Å². The van der Waals surface area contributed by atoms with Gasteiger partial charge in [-0.05, 0) is 27.6 Å². The van der Waals surface area contributed by atoms with Crippen LogP contribution >= 0.6 is 15.9 Å². The van der Waals surface area contributed by atoms with Crippen molar-refractivity contribution >= 4 is 38.6 Å². The molecule has 0 aliphatic carbocycles. The molecule has 0 radical (unpaired) electrons. The second-order valence-corrected chi connectivity index (χ2v) is 6.27. The summed E-state index contributed by atoms with van der Waals surface area (Å²) in [5.41, 5.74) is 0.736. The molecule has 0 spiro atoms. The van der Waals surface area contributed by atoms with E-state index in [1.807, 2.05) is 0 Å². The maximum Gasteiger partial charge on any atom is 0.327 e. The van der Waals surface area contributed by atoms with Crippen LogP contribution in [0.5, 0.6) is 0 Å². The summed E-state index contributed by atoms with van der Waals surface area (Å²) in [6, 6.07) is 0.623. The van der Waals surface area contributed by atoms with Crippen molar-refractivity contribution in [3.05, 3.63) is 28.5 Å². The molecular weight excluding hydrogens is 336 g/mol. The van der Waals surface area contributed by atoms with Crippen LogP contribution in [0.3, 0.4) is 0 Å². The van der Waals surface area contributed by atoms with E-state index in [1.165, 1.54) is 6.92 Å². The Morgan fingerprint density at radius 2 is 2.21 bits per heavy atom. The predicted molar refractivity (Wildman–Crippen MR) is 73.9 cm³/mol. The van der Waals surface area contributed by atoms with Crippen molar-refractivity contribution in [2.75, 3.05) is 5.75 Å². The number of pyridine rings is 1. The molecule has 0 aliphatic heterocycles. The molecule has 0 aliphatic rings. The van der Waals surface area contributed by atoms with Crippen LogP contribution in [0, 0.1) is 0 Å². The minimum absolute atomic E-state index is 0.137. The van der Waals surface area contributed by atoms with Gasteiger partial charge in [0.2, 0.25) is 5.91 Å². The highest BCUT2D eigenvalue weighted by Crippen LogP contribution is 2.11. The first-order valence-electron chi connectivity index (χ1n) is 5.33. The average molecular weight is 349 g/mol. The fourth-order valence-corrected chi connectivity index (χ4v) is 3.04. The van der Waals surface area contributed by atoms with E-state index in [0.29, 0.717) is 0 Å². The molecule has 0 aromatic carbocycles. The molecule has 0 bridgehead atoms. The number of amides is 1. The number of nitrogens with zero attached hydrogens (tertiary/aromatic N) is 1. The second-order valence-electron chi connectivity index (χ2n) is 3.85. The van der Waals surface area contributed by atoms with E-state index in [0.717, 1.165) is 10.0 Å². The zero-order chi connectivity index (χ0) is 14.4. The second kappa shape index (κ2) is 7.34. The summed E-state index contributed by atoms with van der Waals surface area (Å²) < 4.78 is 12.6. The third-order valence-electron chi connectivity index (χ3n) is 2.12. The molecule has 2 atom stereocenters. The van der Waals surface area contributed by atoms with Gasteiger partial charge < -0.3 is 10.4 Å². The van der Waals surface area contributed by atoms with Gasteiger partial charge in [0.25, 0.3) is 0 Å². The van der Waals surface area contributed by atoms with E-state index >= 15 is 0 Å². The van der Waals surface area contributed by atoms with Crippen LogP contribution in [0.1, 0.15) is 12.5 Å². The Kier molecular flexibility index (Phi) is 6.10. The predicted octanol–water partition coefficient (Wildman–Crippen LogP) is 0.682. The average Bonchev–Trinajstić information content (AvgIpc) is 2.27. The maximum atomic E-state index is 11.9. The van der Waals surface area contributed by atoms with Crippen LogP contribution in [-0.4, -0.2) is 38.0 Å². The summed E-state index contributed by atoms with van der Waals surface area (Å²) in [5, 5.41) is 11.2. The molecule has 0 saturated carbocycles. The first kappa shape index (κ1) is 15.8. The molecule has 0 fully saturated rings. The number of rotatable bonds is 6. The monoisotopic (exact) mass is 348 g/mol. The van der Waals surface area contributed by atoms with Gasteiger partial charge in [0, 0.05) is 34.6 Å². The highest BCUT2D eigenvalue weighted by molar-refractivity contribution is 9.10. The van der Waals surface area contributed by atoms with Gasteiger partial charge in [-0.1, -0.05) is 0 Å². The fraction of sp³-hybridized carbons (Fsp3) is 0.364. The van der Waals surface area contributed by atoms with Gasteiger partial charge >= 0.3 is 5.97 Å². The minimum atomic E-state index is -1.40. The molecule has 6 nitrogen and oxygen atoms in total. The molecule has 1 aromatic heterocycles. The summed E-state index contributed by atoms with van der Waals surface area (Å²) in [6.07, 6.45) is 3.17. The number of carbonyl (C=O) groups is 2. The van der Waals surface area contributed by atoms with Crippen molar-refractivity contribution in [1.29, 1.82) is 0 Å². The van der Waals surface area contributed by atoms with Gasteiger partial charge in [-0.15, -0.1) is 0 Å². The number of aromatic nitrogens is 1. The van der Waals surface area contributed by atoms with Crippen LogP contribution in [0.4, 0.5) is 0 Å². The van der Waals surface area contributed by atoms with Gasteiger partial charge in [0.1, 0.15) is 6.04 Å². The Morgan fingerprint density at radius 3 is 2.74 bits per heavy atom. The zero-order valence-electron chi connectivity index (χ0n) is 10.1. The summed E-state index contributed by atoms with van der Waals surface area (Å²) >= 11 is 3.25. The lowest BCUT2D eigenvalue weighted by Gasteiger charge is -2.12. The van der Waals surface area contributed by atoms with E-state index < -0.39 is 28.7 Å². The van der Waals surface area contributed by atoms with Crippen LogP contribution in [0.15, 0.2) is 22.9 Å². The van der Waals surface area contributed by atoms with Gasteiger partial charge in [-0.2, -0.15) is 0 Å². The number of halogens is 1. The molecule has 2 unspecified atom stereocenters.